The molecule has 0 aromatic rings. The Morgan fingerprint density at radius 3 is 2.15 bits per heavy atom. The molecule has 4 nitrogen and oxygen atoms in total. The van der Waals surface area contributed by atoms with E-state index in [2.05, 4.69) is 30.9 Å². The van der Waals surface area contributed by atoms with E-state index in [0.29, 0.717) is 18.4 Å². The number of nitrogens with zero attached hydrogens (tertiary/aromatic N) is 2. The van der Waals surface area contributed by atoms with Crippen LogP contribution in [0.15, 0.2) is 12.2 Å². The summed E-state index contributed by atoms with van der Waals surface area (Å²) in [5, 5.41) is 0. The van der Waals surface area contributed by atoms with Crippen LogP contribution in [0.25, 0.3) is 0 Å². The summed E-state index contributed by atoms with van der Waals surface area (Å²) in [4.78, 5) is 28.8. The summed E-state index contributed by atoms with van der Waals surface area (Å²) in [6.07, 6.45) is 6.20. The maximum absolute atomic E-state index is 12.5. The Balaban J connectivity index is 1.59. The van der Waals surface area contributed by atoms with Gasteiger partial charge in [-0.3, -0.25) is 14.5 Å². The Morgan fingerprint density at radius 2 is 1.65 bits per heavy atom. The molecule has 4 heteroatoms. The Bertz CT molecular complexity index is 412. The van der Waals surface area contributed by atoms with Crippen LogP contribution in [0, 0.1) is 23.7 Å². The van der Waals surface area contributed by atoms with Gasteiger partial charge in [-0.05, 0) is 44.3 Å². The summed E-state index contributed by atoms with van der Waals surface area (Å²) in [6, 6.07) is 0. The number of carbonyl (C=O) groups is 2. The Morgan fingerprint density at radius 1 is 1.10 bits per heavy atom. The Labute approximate surface area is 120 Å². The molecular weight excluding hydrogens is 252 g/mol. The van der Waals surface area contributed by atoms with E-state index >= 15 is 0 Å². The van der Waals surface area contributed by atoms with Crippen LogP contribution in [0.3, 0.4) is 0 Å². The quantitative estimate of drug-likeness (QED) is 0.545. The average Bonchev–Trinajstić information content (AvgIpc) is 3.12. The minimum atomic E-state index is -0.0362. The van der Waals surface area contributed by atoms with Gasteiger partial charge in [-0.25, -0.2) is 0 Å². The third kappa shape index (κ3) is 2.01. The van der Waals surface area contributed by atoms with Gasteiger partial charge >= 0.3 is 0 Å². The largest absolute Gasteiger partial charge is 0.304 e. The summed E-state index contributed by atoms with van der Waals surface area (Å²) in [5.41, 5.74) is 0. The molecule has 3 aliphatic rings. The number of carbonyl (C=O) groups excluding carboxylic acids is 2. The molecule has 1 heterocycles. The van der Waals surface area contributed by atoms with Crippen molar-refractivity contribution in [2.24, 2.45) is 23.7 Å². The second kappa shape index (κ2) is 5.32. The maximum atomic E-state index is 12.5. The Kier molecular flexibility index (Phi) is 3.67. The van der Waals surface area contributed by atoms with E-state index in [1.807, 2.05) is 0 Å². The molecule has 0 spiro atoms. The third-order valence-electron chi connectivity index (χ3n) is 5.31. The first-order valence-corrected chi connectivity index (χ1v) is 7.93. The van der Waals surface area contributed by atoms with Gasteiger partial charge in [0.2, 0.25) is 11.8 Å². The molecule has 1 aliphatic heterocycles. The molecule has 0 unspecified atom stereocenters. The van der Waals surface area contributed by atoms with Gasteiger partial charge in [0.25, 0.3) is 0 Å². The number of likely N-dealkylation sites (tertiary alicyclic amines) is 1. The van der Waals surface area contributed by atoms with Crippen molar-refractivity contribution < 1.29 is 9.59 Å². The van der Waals surface area contributed by atoms with Crippen molar-refractivity contribution >= 4 is 11.8 Å². The second-order valence-electron chi connectivity index (χ2n) is 6.21. The fourth-order valence-electron chi connectivity index (χ4n) is 4.18. The van der Waals surface area contributed by atoms with E-state index in [-0.39, 0.29) is 23.7 Å². The van der Waals surface area contributed by atoms with Crippen LogP contribution in [0.1, 0.15) is 26.7 Å². The zero-order valence-electron chi connectivity index (χ0n) is 12.4. The molecule has 1 saturated carbocycles. The fraction of sp³-hybridized carbons (Fsp3) is 0.750. The number of hydrogen-bond acceptors (Lipinski definition) is 3. The van der Waals surface area contributed by atoms with Crippen molar-refractivity contribution in [3.8, 4) is 0 Å². The summed E-state index contributed by atoms with van der Waals surface area (Å²) < 4.78 is 0. The monoisotopic (exact) mass is 276 g/mol. The zero-order valence-corrected chi connectivity index (χ0v) is 12.4. The van der Waals surface area contributed by atoms with E-state index in [9.17, 15) is 9.59 Å². The lowest BCUT2D eigenvalue weighted by Gasteiger charge is -2.21. The molecule has 20 heavy (non-hydrogen) atoms. The van der Waals surface area contributed by atoms with Crippen LogP contribution >= 0.6 is 0 Å². The minimum Gasteiger partial charge on any atom is -0.304 e. The van der Waals surface area contributed by atoms with Gasteiger partial charge in [-0.2, -0.15) is 0 Å². The van der Waals surface area contributed by atoms with Crippen molar-refractivity contribution in [2.75, 3.05) is 26.2 Å². The highest BCUT2D eigenvalue weighted by Gasteiger charge is 2.58. The molecule has 1 saturated heterocycles. The van der Waals surface area contributed by atoms with Gasteiger partial charge in [0.1, 0.15) is 0 Å². The summed E-state index contributed by atoms with van der Waals surface area (Å²) in [7, 11) is 0. The van der Waals surface area contributed by atoms with Crippen LogP contribution in [0.4, 0.5) is 0 Å². The smallest absolute Gasteiger partial charge is 0.233 e. The fourth-order valence-corrected chi connectivity index (χ4v) is 4.18. The van der Waals surface area contributed by atoms with Gasteiger partial charge in [0.05, 0.1) is 11.8 Å². The van der Waals surface area contributed by atoms with Crippen molar-refractivity contribution in [1.82, 2.24) is 9.80 Å². The van der Waals surface area contributed by atoms with Crippen molar-refractivity contribution in [3.05, 3.63) is 12.2 Å². The molecule has 0 aromatic carbocycles. The predicted molar refractivity (Wildman–Crippen MR) is 76.8 cm³/mol. The standard InChI is InChI=1S/C16H24N2O2/c1-3-17(4-2)8-5-9-18-15(19)13-11-6-7-12(10-11)14(13)16(18)20/h6-7,11-14H,3-5,8-10H2,1-2H3/t11-,12+,13-,14-/m0/s1. The highest BCUT2D eigenvalue weighted by Crippen LogP contribution is 2.52. The minimum absolute atomic E-state index is 0.0362. The molecule has 3 rings (SSSR count). The van der Waals surface area contributed by atoms with Crippen LogP contribution in [-0.4, -0.2) is 47.8 Å². The molecule has 0 N–H and O–H groups in total. The van der Waals surface area contributed by atoms with Gasteiger partial charge < -0.3 is 4.90 Å². The number of hydrogen-bond donors (Lipinski definition) is 0. The van der Waals surface area contributed by atoms with E-state index in [4.69, 9.17) is 0 Å². The first-order valence-electron chi connectivity index (χ1n) is 7.93. The number of allylic oxidation sites excluding steroid dienone is 2. The lowest BCUT2D eigenvalue weighted by Crippen LogP contribution is -2.35. The molecule has 0 aromatic heterocycles. The topological polar surface area (TPSA) is 40.6 Å². The normalized spacial score (nSPS) is 34.6. The van der Waals surface area contributed by atoms with Crippen molar-refractivity contribution in [1.29, 1.82) is 0 Å². The first-order chi connectivity index (χ1) is 9.67. The van der Waals surface area contributed by atoms with Crippen LogP contribution < -0.4 is 0 Å². The molecule has 110 valence electrons. The van der Waals surface area contributed by atoms with Crippen LogP contribution in [0.2, 0.25) is 0 Å². The van der Waals surface area contributed by atoms with Gasteiger partial charge in [0.15, 0.2) is 0 Å². The summed E-state index contributed by atoms with van der Waals surface area (Å²) in [6.45, 7) is 7.90. The van der Waals surface area contributed by atoms with Gasteiger partial charge in [-0.15, -0.1) is 0 Å². The van der Waals surface area contributed by atoms with Crippen molar-refractivity contribution in [3.63, 3.8) is 0 Å². The lowest BCUT2D eigenvalue weighted by molar-refractivity contribution is -0.140. The molecule has 2 aliphatic carbocycles. The lowest BCUT2D eigenvalue weighted by atomic mass is 9.85. The van der Waals surface area contributed by atoms with Gasteiger partial charge in [0, 0.05) is 6.54 Å². The second-order valence-corrected chi connectivity index (χ2v) is 6.21. The molecule has 2 amide bonds. The number of rotatable bonds is 6. The molecule has 2 fully saturated rings. The Hall–Kier alpha value is -1.16. The predicted octanol–water partition coefficient (Wildman–Crippen LogP) is 1.53. The average molecular weight is 276 g/mol. The summed E-state index contributed by atoms with van der Waals surface area (Å²) >= 11 is 0. The van der Waals surface area contributed by atoms with E-state index in [1.54, 1.807) is 4.90 Å². The van der Waals surface area contributed by atoms with E-state index in [1.165, 1.54) is 0 Å². The first kappa shape index (κ1) is 13.8. The third-order valence-corrected chi connectivity index (χ3v) is 5.31. The number of imide groups is 1. The highest BCUT2D eigenvalue weighted by atomic mass is 16.2. The highest BCUT2D eigenvalue weighted by molar-refractivity contribution is 6.06. The van der Waals surface area contributed by atoms with E-state index in [0.717, 1.165) is 32.5 Å². The SMILES string of the molecule is CCN(CC)CCCN1C(=O)[C@@H]2[C@@H](C1=O)[C@H]1C=C[C@@H]2C1. The molecule has 0 radical (unpaired) electrons. The number of fused-ring (bicyclic) bond motifs is 5. The van der Waals surface area contributed by atoms with Crippen LogP contribution in [0.5, 0.6) is 0 Å². The van der Waals surface area contributed by atoms with E-state index < -0.39 is 0 Å². The molecule has 2 bridgehead atoms. The molecule has 4 atom stereocenters. The summed E-state index contributed by atoms with van der Waals surface area (Å²) in [5.74, 6) is 0.771. The molecular formula is C16H24N2O2. The van der Waals surface area contributed by atoms with Gasteiger partial charge in [-0.1, -0.05) is 26.0 Å². The van der Waals surface area contributed by atoms with Crippen molar-refractivity contribution in [2.45, 2.75) is 26.7 Å². The zero-order chi connectivity index (χ0) is 14.3. The number of amides is 2. The van der Waals surface area contributed by atoms with Crippen LogP contribution in [-0.2, 0) is 9.59 Å². The maximum Gasteiger partial charge on any atom is 0.233 e.